The number of carbonyl (C=O) groups is 1. The molecule has 100 valence electrons. The molecule has 0 bridgehead atoms. The molecule has 0 fully saturated rings. The number of amides is 1. The molecule has 0 heterocycles. The number of aryl methyl sites for hydroxylation is 1. The second-order valence-electron chi connectivity index (χ2n) is 4.30. The number of hydrogen-bond donors (Lipinski definition) is 2. The van der Waals surface area contributed by atoms with Crippen LogP contribution in [-0.2, 0) is 14.6 Å². The minimum atomic E-state index is -3.04. The second-order valence-corrected chi connectivity index (χ2v) is 6.56. The first-order chi connectivity index (χ1) is 8.28. The Morgan fingerprint density at radius 1 is 1.39 bits per heavy atom. The first-order valence-corrected chi connectivity index (χ1v) is 7.61. The van der Waals surface area contributed by atoms with Crippen LogP contribution < -0.4 is 5.32 Å². The van der Waals surface area contributed by atoms with Gasteiger partial charge in [0.25, 0.3) is 0 Å². The van der Waals surface area contributed by atoms with Gasteiger partial charge < -0.3 is 10.4 Å². The lowest BCUT2D eigenvalue weighted by Gasteiger charge is -2.07. The molecule has 0 radical (unpaired) electrons. The molecule has 0 saturated heterocycles. The Kier molecular flexibility index (Phi) is 4.72. The van der Waals surface area contributed by atoms with Gasteiger partial charge in [0, 0.05) is 12.7 Å². The third-order valence-electron chi connectivity index (χ3n) is 2.35. The highest BCUT2D eigenvalue weighted by molar-refractivity contribution is 7.90. The lowest BCUT2D eigenvalue weighted by molar-refractivity contribution is -0.116. The summed E-state index contributed by atoms with van der Waals surface area (Å²) in [6.07, 6.45) is 1.52. The van der Waals surface area contributed by atoms with E-state index in [0.29, 0.717) is 5.69 Å². The highest BCUT2D eigenvalue weighted by atomic mass is 32.2. The predicted octanol–water partition coefficient (Wildman–Crippen LogP) is 1.46. The molecule has 1 aromatic carbocycles. The zero-order chi connectivity index (χ0) is 13.8. The van der Waals surface area contributed by atoms with Gasteiger partial charge in [-0.2, -0.15) is 0 Å². The highest BCUT2D eigenvalue weighted by Crippen LogP contribution is 2.23. The fraction of sp³-hybridized carbons (Fsp3) is 0.417. The maximum Gasteiger partial charge on any atom is 0.224 e. The lowest BCUT2D eigenvalue weighted by atomic mass is 10.2. The summed E-state index contributed by atoms with van der Waals surface area (Å²) in [7, 11) is -3.04. The van der Waals surface area contributed by atoms with E-state index < -0.39 is 9.84 Å². The van der Waals surface area contributed by atoms with Crippen molar-refractivity contribution in [3.63, 3.8) is 0 Å². The zero-order valence-electron chi connectivity index (χ0n) is 10.4. The molecule has 5 nitrogen and oxygen atoms in total. The van der Waals surface area contributed by atoms with Gasteiger partial charge in [0.2, 0.25) is 5.91 Å². The Balaban J connectivity index is 2.50. The largest absolute Gasteiger partial charge is 0.506 e. The molecule has 0 spiro atoms. The van der Waals surface area contributed by atoms with Crippen LogP contribution >= 0.6 is 0 Å². The van der Waals surface area contributed by atoms with Gasteiger partial charge in [0.05, 0.1) is 11.4 Å². The molecule has 1 aromatic rings. The Bertz CT molecular complexity index is 537. The molecule has 1 rings (SSSR count). The van der Waals surface area contributed by atoms with Crippen LogP contribution in [0.1, 0.15) is 18.4 Å². The number of benzene rings is 1. The van der Waals surface area contributed by atoms with E-state index in [1.165, 1.54) is 0 Å². The van der Waals surface area contributed by atoms with Crippen molar-refractivity contribution in [2.45, 2.75) is 19.8 Å². The third-order valence-corrected chi connectivity index (χ3v) is 3.38. The van der Waals surface area contributed by atoms with Crippen LogP contribution in [0.2, 0.25) is 0 Å². The van der Waals surface area contributed by atoms with E-state index in [0.717, 1.165) is 11.8 Å². The van der Waals surface area contributed by atoms with Crippen molar-refractivity contribution in [1.82, 2.24) is 0 Å². The van der Waals surface area contributed by atoms with E-state index in [1.54, 1.807) is 18.2 Å². The molecule has 0 aliphatic carbocycles. The second kappa shape index (κ2) is 5.86. The first kappa shape index (κ1) is 14.5. The Morgan fingerprint density at radius 2 is 2.06 bits per heavy atom. The summed E-state index contributed by atoms with van der Waals surface area (Å²) in [5.41, 5.74) is 1.23. The number of phenols is 1. The fourth-order valence-electron chi connectivity index (χ4n) is 1.45. The van der Waals surface area contributed by atoms with Crippen LogP contribution in [0, 0.1) is 6.92 Å². The maximum atomic E-state index is 11.5. The van der Waals surface area contributed by atoms with Gasteiger partial charge in [-0.3, -0.25) is 4.79 Å². The van der Waals surface area contributed by atoms with Gasteiger partial charge in [-0.25, -0.2) is 8.42 Å². The van der Waals surface area contributed by atoms with Crippen molar-refractivity contribution in [3.05, 3.63) is 23.8 Å². The summed E-state index contributed by atoms with van der Waals surface area (Å²) >= 11 is 0. The molecule has 0 aliphatic rings. The zero-order valence-corrected chi connectivity index (χ0v) is 11.3. The lowest BCUT2D eigenvalue weighted by Crippen LogP contribution is -2.13. The fourth-order valence-corrected chi connectivity index (χ4v) is 2.12. The average molecular weight is 271 g/mol. The number of carbonyl (C=O) groups excluding carboxylic acids is 1. The summed E-state index contributed by atoms with van der Waals surface area (Å²) in [6, 6.07) is 4.93. The van der Waals surface area contributed by atoms with Gasteiger partial charge in [-0.15, -0.1) is 0 Å². The number of hydrogen-bond acceptors (Lipinski definition) is 4. The molecule has 6 heteroatoms. The van der Waals surface area contributed by atoms with Crippen molar-refractivity contribution >= 4 is 21.4 Å². The standard InChI is InChI=1S/C12H17NO4S/c1-9-5-6-10(11(14)8-9)13-12(15)4-3-7-18(2,16)17/h5-6,8,14H,3-4,7H2,1-2H3,(H,13,15). The van der Waals surface area contributed by atoms with E-state index in [4.69, 9.17) is 0 Å². The summed E-state index contributed by atoms with van der Waals surface area (Å²) < 4.78 is 21.8. The van der Waals surface area contributed by atoms with E-state index in [9.17, 15) is 18.3 Å². The molecule has 0 aromatic heterocycles. The van der Waals surface area contributed by atoms with E-state index in [2.05, 4.69) is 5.32 Å². The van der Waals surface area contributed by atoms with Gasteiger partial charge >= 0.3 is 0 Å². The number of rotatable bonds is 5. The predicted molar refractivity (Wildman–Crippen MR) is 70.4 cm³/mol. The van der Waals surface area contributed by atoms with Crippen molar-refractivity contribution in [2.75, 3.05) is 17.3 Å². The summed E-state index contributed by atoms with van der Waals surface area (Å²) in [5.74, 6) is -0.315. The molecule has 0 aliphatic heterocycles. The van der Waals surface area contributed by atoms with Gasteiger partial charge in [-0.05, 0) is 31.0 Å². The summed E-state index contributed by atoms with van der Waals surface area (Å²) in [5, 5.41) is 12.1. The van der Waals surface area contributed by atoms with E-state index in [-0.39, 0.29) is 30.3 Å². The van der Waals surface area contributed by atoms with Crippen LogP contribution in [0.3, 0.4) is 0 Å². The maximum absolute atomic E-state index is 11.5. The van der Waals surface area contributed by atoms with Gasteiger partial charge in [-0.1, -0.05) is 6.07 Å². The van der Waals surface area contributed by atoms with Crippen LogP contribution in [0.5, 0.6) is 5.75 Å². The van der Waals surface area contributed by atoms with Crippen LogP contribution in [0.25, 0.3) is 0 Å². The molecule has 0 unspecified atom stereocenters. The minimum absolute atomic E-state index is 0.00598. The Hall–Kier alpha value is -1.56. The smallest absolute Gasteiger partial charge is 0.224 e. The third kappa shape index (κ3) is 5.18. The SMILES string of the molecule is Cc1ccc(NC(=O)CCCS(C)(=O)=O)c(O)c1. The van der Waals surface area contributed by atoms with Crippen molar-refractivity contribution in [2.24, 2.45) is 0 Å². The summed E-state index contributed by atoms with van der Waals surface area (Å²) in [4.78, 5) is 11.5. The number of nitrogens with one attached hydrogen (secondary N) is 1. The van der Waals surface area contributed by atoms with Crippen LogP contribution in [-0.4, -0.2) is 31.4 Å². The highest BCUT2D eigenvalue weighted by Gasteiger charge is 2.08. The minimum Gasteiger partial charge on any atom is -0.506 e. The topological polar surface area (TPSA) is 83.5 Å². The monoisotopic (exact) mass is 271 g/mol. The van der Waals surface area contributed by atoms with Crippen LogP contribution in [0.4, 0.5) is 5.69 Å². The normalized spacial score (nSPS) is 11.2. The number of anilines is 1. The molecule has 1 amide bonds. The van der Waals surface area contributed by atoms with Crippen molar-refractivity contribution in [1.29, 1.82) is 0 Å². The first-order valence-electron chi connectivity index (χ1n) is 5.55. The molecule has 0 atom stereocenters. The molecule has 2 N–H and O–H groups in total. The quantitative estimate of drug-likeness (QED) is 0.794. The van der Waals surface area contributed by atoms with E-state index >= 15 is 0 Å². The molecule has 0 saturated carbocycles. The summed E-state index contributed by atoms with van der Waals surface area (Å²) in [6.45, 7) is 1.83. The van der Waals surface area contributed by atoms with Crippen molar-refractivity contribution < 1.29 is 18.3 Å². The Labute approximate surface area is 107 Å². The number of phenolic OH excluding ortho intramolecular Hbond substituents is 1. The molecular weight excluding hydrogens is 254 g/mol. The number of sulfone groups is 1. The molecular formula is C12H17NO4S. The molecule has 18 heavy (non-hydrogen) atoms. The average Bonchev–Trinajstić information content (AvgIpc) is 2.20. The van der Waals surface area contributed by atoms with Crippen LogP contribution in [0.15, 0.2) is 18.2 Å². The van der Waals surface area contributed by atoms with Gasteiger partial charge in [0.1, 0.15) is 15.6 Å². The van der Waals surface area contributed by atoms with E-state index in [1.807, 2.05) is 6.92 Å². The van der Waals surface area contributed by atoms with Crippen molar-refractivity contribution in [3.8, 4) is 5.75 Å². The number of aromatic hydroxyl groups is 1. The van der Waals surface area contributed by atoms with Gasteiger partial charge in [0.15, 0.2) is 0 Å². The Morgan fingerprint density at radius 3 is 2.61 bits per heavy atom.